The Morgan fingerprint density at radius 3 is 1.84 bits per heavy atom. The van der Waals surface area contributed by atoms with Crippen LogP contribution in [0.25, 0.3) is 0 Å². The molecule has 0 saturated carbocycles. The molecule has 0 aromatic carbocycles. The van der Waals surface area contributed by atoms with Crippen molar-refractivity contribution in [3.05, 3.63) is 23.5 Å². The van der Waals surface area contributed by atoms with Crippen LogP contribution in [0.1, 0.15) is 12.8 Å². The number of pyridine rings is 1. The smallest absolute Gasteiger partial charge is 0.253 e. The molecule has 3 heterocycles. The van der Waals surface area contributed by atoms with E-state index in [1.54, 1.807) is 0 Å². The van der Waals surface area contributed by atoms with Crippen molar-refractivity contribution in [2.45, 2.75) is 12.8 Å². The fraction of sp³-hybridized carbons (Fsp3) is 0.533. The molecule has 25 heavy (non-hydrogen) atoms. The van der Waals surface area contributed by atoms with Crippen LogP contribution in [-0.4, -0.2) is 65.9 Å². The highest BCUT2D eigenvalue weighted by atomic mass is 19.2. The van der Waals surface area contributed by atoms with E-state index in [1.165, 1.54) is 9.80 Å². The topological polar surface area (TPSA) is 56.8 Å². The van der Waals surface area contributed by atoms with Crippen LogP contribution in [-0.2, 0) is 9.59 Å². The molecule has 0 atom stereocenters. The van der Waals surface area contributed by atoms with Gasteiger partial charge in [0, 0.05) is 52.1 Å². The van der Waals surface area contributed by atoms with Gasteiger partial charge in [-0.3, -0.25) is 19.4 Å². The van der Waals surface area contributed by atoms with E-state index in [0.717, 1.165) is 0 Å². The van der Waals surface area contributed by atoms with Crippen molar-refractivity contribution in [1.29, 1.82) is 0 Å². The fourth-order valence-electron chi connectivity index (χ4n) is 3.06. The monoisotopic (exact) mass is 360 g/mol. The SMILES string of the molecule is O=C1CCC(=O)N1CCN1CCN(c2c(F)c(F)nc(F)c2F)CC1. The first kappa shape index (κ1) is 17.6. The van der Waals surface area contributed by atoms with Crippen LogP contribution in [0.2, 0.25) is 0 Å². The summed E-state index contributed by atoms with van der Waals surface area (Å²) in [6.07, 6.45) is 0.453. The third-order valence-electron chi connectivity index (χ3n) is 4.46. The quantitative estimate of drug-likeness (QED) is 0.454. The second-order valence-corrected chi connectivity index (χ2v) is 5.94. The molecule has 0 radical (unpaired) electrons. The Hall–Kier alpha value is -2.23. The molecule has 0 spiro atoms. The van der Waals surface area contributed by atoms with Gasteiger partial charge in [0.25, 0.3) is 11.9 Å². The molecule has 0 bridgehead atoms. The summed E-state index contributed by atoms with van der Waals surface area (Å²) in [5.74, 6) is -6.78. The first-order valence-corrected chi connectivity index (χ1v) is 7.89. The zero-order valence-electron chi connectivity index (χ0n) is 13.3. The summed E-state index contributed by atoms with van der Waals surface area (Å²) in [4.78, 5) is 30.0. The molecular formula is C15H16F4N4O2. The van der Waals surface area contributed by atoms with Crippen LogP contribution in [0.15, 0.2) is 0 Å². The van der Waals surface area contributed by atoms with Gasteiger partial charge >= 0.3 is 0 Å². The van der Waals surface area contributed by atoms with E-state index in [4.69, 9.17) is 0 Å². The Morgan fingerprint density at radius 2 is 1.32 bits per heavy atom. The Balaban J connectivity index is 1.59. The number of amides is 2. The van der Waals surface area contributed by atoms with E-state index in [1.807, 2.05) is 4.90 Å². The third-order valence-corrected chi connectivity index (χ3v) is 4.46. The van der Waals surface area contributed by atoms with Gasteiger partial charge < -0.3 is 4.90 Å². The summed E-state index contributed by atoms with van der Waals surface area (Å²) in [6, 6.07) is 0. The molecule has 2 aliphatic heterocycles. The van der Waals surface area contributed by atoms with E-state index >= 15 is 0 Å². The van der Waals surface area contributed by atoms with Crippen LogP contribution in [0.3, 0.4) is 0 Å². The number of anilines is 1. The van der Waals surface area contributed by atoms with Gasteiger partial charge in [-0.1, -0.05) is 0 Å². The van der Waals surface area contributed by atoms with Crippen LogP contribution in [0, 0.1) is 23.5 Å². The van der Waals surface area contributed by atoms with E-state index in [0.29, 0.717) is 19.6 Å². The number of halogens is 4. The molecule has 1 aromatic rings. The number of carbonyl (C=O) groups is 2. The Kier molecular flexibility index (Phi) is 4.89. The van der Waals surface area contributed by atoms with Gasteiger partial charge in [-0.25, -0.2) is 0 Å². The highest BCUT2D eigenvalue weighted by molar-refractivity contribution is 6.01. The highest BCUT2D eigenvalue weighted by Gasteiger charge is 2.30. The summed E-state index contributed by atoms with van der Waals surface area (Å²) in [5.41, 5.74) is -0.755. The van der Waals surface area contributed by atoms with Crippen molar-refractivity contribution in [3.63, 3.8) is 0 Å². The minimum Gasteiger partial charge on any atom is -0.364 e. The van der Waals surface area contributed by atoms with Crippen molar-refractivity contribution in [2.24, 2.45) is 0 Å². The maximum absolute atomic E-state index is 13.8. The van der Waals surface area contributed by atoms with E-state index in [2.05, 4.69) is 4.98 Å². The van der Waals surface area contributed by atoms with Crippen molar-refractivity contribution in [2.75, 3.05) is 44.2 Å². The number of imide groups is 1. The van der Waals surface area contributed by atoms with Crippen molar-refractivity contribution < 1.29 is 27.2 Å². The molecule has 0 unspecified atom stereocenters. The van der Waals surface area contributed by atoms with E-state index in [-0.39, 0.29) is 44.3 Å². The molecule has 136 valence electrons. The molecule has 2 saturated heterocycles. The van der Waals surface area contributed by atoms with Gasteiger partial charge in [-0.05, 0) is 0 Å². The minimum atomic E-state index is -1.68. The first-order chi connectivity index (χ1) is 11.9. The average molecular weight is 360 g/mol. The lowest BCUT2D eigenvalue weighted by Crippen LogP contribution is -2.49. The normalized spacial score (nSPS) is 19.2. The van der Waals surface area contributed by atoms with Crippen molar-refractivity contribution >= 4 is 17.5 Å². The van der Waals surface area contributed by atoms with Crippen LogP contribution < -0.4 is 4.90 Å². The molecule has 10 heteroatoms. The number of rotatable bonds is 4. The average Bonchev–Trinajstić information content (AvgIpc) is 2.91. The third kappa shape index (κ3) is 3.44. The van der Waals surface area contributed by atoms with Gasteiger partial charge in [-0.2, -0.15) is 22.5 Å². The summed E-state index contributed by atoms with van der Waals surface area (Å²) in [5, 5.41) is 0. The number of hydrogen-bond acceptors (Lipinski definition) is 5. The molecule has 2 aliphatic rings. The molecule has 2 amide bonds. The predicted octanol–water partition coefficient (Wildman–Crippen LogP) is 0.909. The van der Waals surface area contributed by atoms with Gasteiger partial charge in [0.15, 0.2) is 0 Å². The van der Waals surface area contributed by atoms with Crippen LogP contribution in [0.5, 0.6) is 0 Å². The minimum absolute atomic E-state index is 0.151. The summed E-state index contributed by atoms with van der Waals surface area (Å²) in [6.45, 7) is 1.76. The molecule has 0 aliphatic carbocycles. The molecule has 1 aromatic heterocycles. The highest BCUT2D eigenvalue weighted by Crippen LogP contribution is 2.27. The zero-order valence-corrected chi connectivity index (χ0v) is 13.3. The van der Waals surface area contributed by atoms with Gasteiger partial charge in [0.2, 0.25) is 23.4 Å². The lowest BCUT2D eigenvalue weighted by molar-refractivity contribution is -0.138. The largest absolute Gasteiger partial charge is 0.364 e. The molecule has 6 nitrogen and oxygen atoms in total. The number of aromatic nitrogens is 1. The summed E-state index contributed by atoms with van der Waals surface area (Å²) < 4.78 is 54.0. The van der Waals surface area contributed by atoms with E-state index in [9.17, 15) is 27.2 Å². The summed E-state index contributed by atoms with van der Waals surface area (Å²) >= 11 is 0. The summed E-state index contributed by atoms with van der Waals surface area (Å²) in [7, 11) is 0. The Labute approximate surface area is 141 Å². The number of hydrogen-bond donors (Lipinski definition) is 0. The molecule has 2 fully saturated rings. The number of nitrogens with zero attached hydrogens (tertiary/aromatic N) is 4. The zero-order chi connectivity index (χ0) is 18.1. The first-order valence-electron chi connectivity index (χ1n) is 7.89. The van der Waals surface area contributed by atoms with Gasteiger partial charge in [-0.15, -0.1) is 0 Å². The number of carbonyl (C=O) groups excluding carboxylic acids is 2. The molecule has 3 rings (SSSR count). The maximum atomic E-state index is 13.8. The molecular weight excluding hydrogens is 344 g/mol. The Bertz CT molecular complexity index is 665. The van der Waals surface area contributed by atoms with Gasteiger partial charge in [0.05, 0.1) is 0 Å². The Morgan fingerprint density at radius 1 is 0.800 bits per heavy atom. The van der Waals surface area contributed by atoms with E-state index < -0.39 is 29.2 Å². The maximum Gasteiger partial charge on any atom is 0.253 e. The standard InChI is InChI=1S/C15H16F4N4O2/c16-11-13(12(17)15(19)20-14(11)18)22-6-3-21(4-7-22)5-8-23-9(24)1-2-10(23)25/h1-8H2. The lowest BCUT2D eigenvalue weighted by Gasteiger charge is -2.36. The van der Waals surface area contributed by atoms with Crippen LogP contribution in [0.4, 0.5) is 23.2 Å². The number of piperazine rings is 1. The van der Waals surface area contributed by atoms with Crippen molar-refractivity contribution in [3.8, 4) is 0 Å². The lowest BCUT2D eigenvalue weighted by atomic mass is 10.2. The number of likely N-dealkylation sites (tertiary alicyclic amines) is 1. The van der Waals surface area contributed by atoms with Crippen molar-refractivity contribution in [1.82, 2.24) is 14.8 Å². The fourth-order valence-corrected chi connectivity index (χ4v) is 3.06. The second kappa shape index (κ2) is 6.95. The molecule has 0 N–H and O–H groups in total. The second-order valence-electron chi connectivity index (χ2n) is 5.94. The van der Waals surface area contributed by atoms with Gasteiger partial charge in [0.1, 0.15) is 5.69 Å². The van der Waals surface area contributed by atoms with Crippen LogP contribution >= 0.6 is 0 Å². The predicted molar refractivity (Wildman–Crippen MR) is 78.7 cm³/mol.